The Morgan fingerprint density at radius 1 is 1.28 bits per heavy atom. The van der Waals surface area contributed by atoms with Gasteiger partial charge in [0.2, 0.25) is 0 Å². The minimum atomic E-state index is -3.00. The molecule has 6 nitrogen and oxygen atoms in total. The number of carbonyl (C=O) groups excluding carboxylic acids is 1. The van der Waals surface area contributed by atoms with Crippen LogP contribution in [-0.2, 0) is 14.6 Å². The number of anilines is 1. The zero-order valence-electron chi connectivity index (χ0n) is 18.3. The summed E-state index contributed by atoms with van der Waals surface area (Å²) < 4.78 is 23.9. The summed E-state index contributed by atoms with van der Waals surface area (Å²) in [5.41, 5.74) is 3.94. The Hall–Kier alpha value is -1.60. The molecule has 1 aromatic rings. The molecule has 3 rings (SSSR count). The third-order valence-corrected chi connectivity index (χ3v) is 8.49. The van der Waals surface area contributed by atoms with Gasteiger partial charge >= 0.3 is 0 Å². The van der Waals surface area contributed by atoms with Crippen molar-refractivity contribution in [3.05, 3.63) is 29.3 Å². The van der Waals surface area contributed by atoms with Crippen molar-refractivity contribution in [2.24, 2.45) is 0 Å². The van der Waals surface area contributed by atoms with Crippen molar-refractivity contribution in [2.75, 3.05) is 49.1 Å². The second-order valence-corrected chi connectivity index (χ2v) is 11.0. The maximum absolute atomic E-state index is 13.2. The molecule has 162 valence electrons. The number of benzene rings is 1. The normalized spacial score (nSPS) is 23.2. The molecule has 0 spiro atoms. The van der Waals surface area contributed by atoms with Crippen LogP contribution in [0, 0.1) is 13.8 Å². The number of aryl methyl sites for hydroxylation is 1. The molecule has 2 fully saturated rings. The van der Waals surface area contributed by atoms with Crippen LogP contribution in [0.25, 0.3) is 0 Å². The highest BCUT2D eigenvalue weighted by Gasteiger charge is 2.38. The lowest BCUT2D eigenvalue weighted by Crippen LogP contribution is -3.16. The topological polar surface area (TPSA) is 62.1 Å². The highest BCUT2D eigenvalue weighted by Crippen LogP contribution is 2.23. The monoisotopic (exact) mass is 422 g/mol. The molecule has 0 saturated carbocycles. The Labute approximate surface area is 175 Å². The van der Waals surface area contributed by atoms with E-state index in [1.807, 2.05) is 11.8 Å². The fourth-order valence-corrected chi connectivity index (χ4v) is 6.34. The lowest BCUT2D eigenvalue weighted by Gasteiger charge is -2.37. The molecular weight excluding hydrogens is 386 g/mol. The Bertz CT molecular complexity index is 832. The molecule has 1 amide bonds. The van der Waals surface area contributed by atoms with E-state index in [9.17, 15) is 13.2 Å². The number of carbonyl (C=O) groups is 1. The summed E-state index contributed by atoms with van der Waals surface area (Å²) in [5, 5.41) is 0. The molecule has 2 heterocycles. The molecule has 2 saturated heterocycles. The molecule has 0 radical (unpaired) electrons. The Morgan fingerprint density at radius 2 is 1.97 bits per heavy atom. The van der Waals surface area contributed by atoms with Crippen LogP contribution in [0.15, 0.2) is 18.2 Å². The van der Waals surface area contributed by atoms with Gasteiger partial charge in [0.25, 0.3) is 5.91 Å². The van der Waals surface area contributed by atoms with Crippen LogP contribution < -0.4 is 9.80 Å². The second-order valence-electron chi connectivity index (χ2n) is 8.75. The lowest BCUT2D eigenvalue weighted by atomic mass is 10.1. The molecule has 2 atom stereocenters. The van der Waals surface area contributed by atoms with Crippen LogP contribution >= 0.6 is 0 Å². The zero-order chi connectivity index (χ0) is 21.2. The smallest absolute Gasteiger partial charge is 0.278 e. The van der Waals surface area contributed by atoms with Crippen LogP contribution in [-0.4, -0.2) is 75.5 Å². The minimum Gasteiger partial charge on any atom is -0.360 e. The standard InChI is InChI=1S/C22H35N3O3S/c1-5-18(3)25(20-9-14-29(27,28)16-20)22(26)15-23-10-12-24(13-11-23)21-8-6-7-17(2)19(21)4/h6-8,18,20H,5,9-16H2,1-4H3/p+1/t18-,20-/m1/s1. The first-order chi connectivity index (χ1) is 13.7. The van der Waals surface area contributed by atoms with Crippen molar-refractivity contribution in [3.63, 3.8) is 0 Å². The highest BCUT2D eigenvalue weighted by molar-refractivity contribution is 7.91. The number of quaternary nitrogens is 1. The predicted octanol–water partition coefficient (Wildman–Crippen LogP) is 0.823. The van der Waals surface area contributed by atoms with Crippen LogP contribution in [0.1, 0.15) is 37.8 Å². The van der Waals surface area contributed by atoms with E-state index >= 15 is 0 Å². The van der Waals surface area contributed by atoms with Gasteiger partial charge in [0.05, 0.1) is 37.7 Å². The summed E-state index contributed by atoms with van der Waals surface area (Å²) in [6.07, 6.45) is 1.42. The van der Waals surface area contributed by atoms with Gasteiger partial charge in [0, 0.05) is 17.8 Å². The first kappa shape index (κ1) is 22.1. The molecule has 0 aromatic heterocycles. The first-order valence-corrected chi connectivity index (χ1v) is 12.7. The first-order valence-electron chi connectivity index (χ1n) is 10.9. The van der Waals surface area contributed by atoms with Gasteiger partial charge in [-0.05, 0) is 50.8 Å². The molecule has 0 bridgehead atoms. The summed E-state index contributed by atoms with van der Waals surface area (Å²) in [6.45, 7) is 12.6. The van der Waals surface area contributed by atoms with Crippen LogP contribution in [0.4, 0.5) is 5.69 Å². The number of hydrogen-bond acceptors (Lipinski definition) is 4. The summed E-state index contributed by atoms with van der Waals surface area (Å²) in [4.78, 5) is 18.8. The van der Waals surface area contributed by atoms with E-state index in [0.29, 0.717) is 13.0 Å². The molecule has 29 heavy (non-hydrogen) atoms. The fraction of sp³-hybridized carbons (Fsp3) is 0.682. The molecular formula is C22H36N3O3S+. The minimum absolute atomic E-state index is 0.0800. The second kappa shape index (κ2) is 9.04. The third-order valence-electron chi connectivity index (χ3n) is 6.74. The fourth-order valence-electron chi connectivity index (χ4n) is 4.62. The van der Waals surface area contributed by atoms with Crippen molar-refractivity contribution in [3.8, 4) is 0 Å². The summed E-state index contributed by atoms with van der Waals surface area (Å²) >= 11 is 0. The van der Waals surface area contributed by atoms with E-state index < -0.39 is 9.84 Å². The van der Waals surface area contributed by atoms with Gasteiger partial charge in [-0.2, -0.15) is 0 Å². The van der Waals surface area contributed by atoms with E-state index in [4.69, 9.17) is 0 Å². The molecule has 2 aliphatic heterocycles. The van der Waals surface area contributed by atoms with Crippen LogP contribution in [0.2, 0.25) is 0 Å². The van der Waals surface area contributed by atoms with Gasteiger partial charge in [-0.3, -0.25) is 4.79 Å². The van der Waals surface area contributed by atoms with Gasteiger partial charge < -0.3 is 14.7 Å². The molecule has 1 N–H and O–H groups in total. The van der Waals surface area contributed by atoms with Crippen LogP contribution in [0.5, 0.6) is 0 Å². The number of sulfone groups is 1. The van der Waals surface area contributed by atoms with E-state index in [1.54, 1.807) is 0 Å². The Balaban J connectivity index is 1.61. The Kier molecular flexibility index (Phi) is 6.89. The van der Waals surface area contributed by atoms with Crippen molar-refractivity contribution in [2.45, 2.75) is 52.6 Å². The summed E-state index contributed by atoms with van der Waals surface area (Å²) in [6, 6.07) is 6.37. The quantitative estimate of drug-likeness (QED) is 0.738. The third kappa shape index (κ3) is 5.12. The number of hydrogen-bond donors (Lipinski definition) is 1. The van der Waals surface area contributed by atoms with Gasteiger partial charge in [0.1, 0.15) is 0 Å². The van der Waals surface area contributed by atoms with E-state index in [-0.39, 0.29) is 29.5 Å². The Morgan fingerprint density at radius 3 is 2.55 bits per heavy atom. The molecule has 0 aliphatic carbocycles. The molecule has 0 unspecified atom stereocenters. The van der Waals surface area contributed by atoms with Gasteiger partial charge in [-0.1, -0.05) is 19.1 Å². The number of piperazine rings is 1. The van der Waals surface area contributed by atoms with E-state index in [2.05, 4.69) is 43.9 Å². The van der Waals surface area contributed by atoms with Crippen LogP contribution in [0.3, 0.4) is 0 Å². The van der Waals surface area contributed by atoms with Crippen molar-refractivity contribution in [1.82, 2.24) is 4.90 Å². The number of amides is 1. The number of rotatable bonds is 6. The maximum atomic E-state index is 13.2. The van der Waals surface area contributed by atoms with Gasteiger partial charge in [-0.25, -0.2) is 8.42 Å². The van der Waals surface area contributed by atoms with E-state index in [0.717, 1.165) is 32.6 Å². The van der Waals surface area contributed by atoms with Crippen molar-refractivity contribution in [1.29, 1.82) is 0 Å². The average Bonchev–Trinajstić information content (AvgIpc) is 3.04. The summed E-state index contributed by atoms with van der Waals surface area (Å²) in [7, 11) is -3.00. The SMILES string of the molecule is CC[C@@H](C)N(C(=O)C[NH+]1CCN(c2cccc(C)c2C)CC1)[C@@H]1CCS(=O)(=O)C1. The van der Waals surface area contributed by atoms with E-state index in [1.165, 1.54) is 21.7 Å². The molecule has 7 heteroatoms. The number of nitrogens with zero attached hydrogens (tertiary/aromatic N) is 2. The highest BCUT2D eigenvalue weighted by atomic mass is 32.2. The lowest BCUT2D eigenvalue weighted by molar-refractivity contribution is -0.892. The molecule has 1 aromatic carbocycles. The zero-order valence-corrected chi connectivity index (χ0v) is 19.1. The number of nitrogens with one attached hydrogen (secondary N) is 1. The predicted molar refractivity (Wildman–Crippen MR) is 117 cm³/mol. The largest absolute Gasteiger partial charge is 0.360 e. The summed E-state index contributed by atoms with van der Waals surface area (Å²) in [5.74, 6) is 0.439. The van der Waals surface area contributed by atoms with Gasteiger partial charge in [0.15, 0.2) is 16.4 Å². The maximum Gasteiger partial charge on any atom is 0.278 e. The van der Waals surface area contributed by atoms with Crippen molar-refractivity contribution >= 4 is 21.4 Å². The molecule has 2 aliphatic rings. The van der Waals surface area contributed by atoms with Gasteiger partial charge in [-0.15, -0.1) is 0 Å². The van der Waals surface area contributed by atoms with Crippen molar-refractivity contribution < 1.29 is 18.1 Å². The average molecular weight is 423 g/mol.